The second kappa shape index (κ2) is 13.9. The first kappa shape index (κ1) is 34.1. The molecule has 9 heteroatoms. The first-order valence-electron chi connectivity index (χ1n) is 16.7. The van der Waals surface area contributed by atoms with Gasteiger partial charge in [0.15, 0.2) is 5.60 Å². The number of amides is 2. The van der Waals surface area contributed by atoms with Crippen molar-refractivity contribution in [1.29, 1.82) is 0 Å². The normalized spacial score (nSPS) is 25.0. The number of hydrogen-bond donors (Lipinski definition) is 2. The highest BCUT2D eigenvalue weighted by Crippen LogP contribution is 2.60. The van der Waals surface area contributed by atoms with E-state index in [1.54, 1.807) is 7.11 Å². The number of ether oxygens (including phenoxy) is 2. The van der Waals surface area contributed by atoms with Crippen molar-refractivity contribution < 1.29 is 24.2 Å². The van der Waals surface area contributed by atoms with E-state index in [4.69, 9.17) is 9.47 Å². The molecule has 2 amide bonds. The van der Waals surface area contributed by atoms with Crippen molar-refractivity contribution in [3.63, 3.8) is 0 Å². The largest absolute Gasteiger partial charge is 0.497 e. The Morgan fingerprint density at radius 1 is 1.13 bits per heavy atom. The number of carbonyl (C=O) groups is 2. The van der Waals surface area contributed by atoms with Crippen LogP contribution in [0.3, 0.4) is 0 Å². The Hall–Kier alpha value is -3.24. The van der Waals surface area contributed by atoms with Crippen molar-refractivity contribution in [3.8, 4) is 5.75 Å². The third-order valence-corrected chi connectivity index (χ3v) is 14.7. The topological polar surface area (TPSA) is 91.3 Å². The summed E-state index contributed by atoms with van der Waals surface area (Å²) >= 11 is 0. The van der Waals surface area contributed by atoms with Crippen LogP contribution in [0.2, 0.25) is 18.6 Å². The summed E-state index contributed by atoms with van der Waals surface area (Å²) in [4.78, 5) is 31.5. The monoisotopic (exact) mass is 645 g/mol. The minimum Gasteiger partial charge on any atom is -0.497 e. The van der Waals surface area contributed by atoms with Crippen LogP contribution in [0.1, 0.15) is 52.5 Å². The van der Waals surface area contributed by atoms with Gasteiger partial charge in [-0.2, -0.15) is 0 Å². The number of anilines is 2. The minimum atomic E-state index is -2.28. The van der Waals surface area contributed by atoms with Gasteiger partial charge in [0.05, 0.1) is 33.5 Å². The Morgan fingerprint density at radius 3 is 2.52 bits per heavy atom. The van der Waals surface area contributed by atoms with Crippen molar-refractivity contribution in [2.75, 3.05) is 49.7 Å². The van der Waals surface area contributed by atoms with E-state index < -0.39 is 13.7 Å². The predicted octanol–water partition coefficient (Wildman–Crippen LogP) is 5.27. The zero-order chi connectivity index (χ0) is 33.2. The lowest BCUT2D eigenvalue weighted by atomic mass is 9.82. The van der Waals surface area contributed by atoms with Gasteiger partial charge in [0.1, 0.15) is 5.75 Å². The molecule has 2 aromatic carbocycles. The maximum absolute atomic E-state index is 14.9. The summed E-state index contributed by atoms with van der Waals surface area (Å²) in [5.41, 5.74) is 3.83. The number of aliphatic hydroxyl groups is 1. The fraction of sp³-hybridized carbons (Fsp3) is 0.514. The van der Waals surface area contributed by atoms with Gasteiger partial charge >= 0.3 is 0 Å². The van der Waals surface area contributed by atoms with Gasteiger partial charge in [-0.3, -0.25) is 9.59 Å². The summed E-state index contributed by atoms with van der Waals surface area (Å²) < 4.78 is 12.5. The number of piperazine rings is 1. The molecule has 0 aliphatic carbocycles. The minimum absolute atomic E-state index is 0.0147. The average Bonchev–Trinajstić information content (AvgIpc) is 3.46. The zero-order valence-corrected chi connectivity index (χ0v) is 29.6. The number of methoxy groups -OCH3 is 1. The van der Waals surface area contributed by atoms with E-state index >= 15 is 0 Å². The summed E-state index contributed by atoms with van der Waals surface area (Å²) in [6.07, 6.45) is 6.45. The Morgan fingerprint density at radius 2 is 1.87 bits per heavy atom. The smallest absolute Gasteiger partial charge is 0.264 e. The summed E-state index contributed by atoms with van der Waals surface area (Å²) in [5, 5.41) is 14.6. The Balaban J connectivity index is 1.59. The van der Waals surface area contributed by atoms with Crippen molar-refractivity contribution in [2.24, 2.45) is 5.92 Å². The van der Waals surface area contributed by atoms with Gasteiger partial charge in [-0.25, -0.2) is 0 Å². The molecule has 248 valence electrons. The molecule has 4 atom stereocenters. The fourth-order valence-electron chi connectivity index (χ4n) is 7.86. The summed E-state index contributed by atoms with van der Waals surface area (Å²) in [6.45, 7) is 15.2. The molecular formula is C37H51N3O5Si. The SMILES string of the molecule is COc1ccc([Si](C)(C)[C@H]2[C@H](CCO)O[C@@]3(C(=O)N(C/C=C(\C)CCC=C(C)C)c4ccc(N5CCNCC5=O)cc43)[C@@H]2C)cc1. The average molecular weight is 646 g/mol. The quantitative estimate of drug-likeness (QED) is 0.256. The highest BCUT2D eigenvalue weighted by Gasteiger charge is 2.66. The molecule has 46 heavy (non-hydrogen) atoms. The summed E-state index contributed by atoms with van der Waals surface area (Å²) in [5.74, 6) is 0.598. The molecule has 0 aromatic heterocycles. The van der Waals surface area contributed by atoms with Crippen LogP contribution in [-0.2, 0) is 19.9 Å². The number of fused-ring (bicyclic) bond motifs is 2. The molecule has 3 aliphatic heterocycles. The van der Waals surface area contributed by atoms with Crippen LogP contribution in [0.5, 0.6) is 5.75 Å². The zero-order valence-electron chi connectivity index (χ0n) is 28.6. The van der Waals surface area contributed by atoms with E-state index in [9.17, 15) is 14.7 Å². The standard InChI is InChI=1S/C37H51N3O5Si/c1-25(2)9-8-10-26(3)17-20-40-32-16-11-28(39-21-19-38-24-34(39)42)23-31(32)37(36(40)43)27(4)35(33(45-37)18-22-41)46(6,7)30-14-12-29(44-5)13-15-30/h9,11-17,23,27,33,35,38,41H,8,10,18-22,24H2,1-7H3/b26-17+/t27-,33+,35-,37+/m1/s1. The highest BCUT2D eigenvalue weighted by atomic mass is 28.3. The number of carbonyl (C=O) groups excluding carboxylic acids is 2. The molecule has 2 saturated heterocycles. The number of nitrogens with one attached hydrogen (secondary N) is 1. The molecule has 2 N–H and O–H groups in total. The van der Waals surface area contributed by atoms with E-state index in [0.29, 0.717) is 32.6 Å². The maximum Gasteiger partial charge on any atom is 0.264 e. The van der Waals surface area contributed by atoms with E-state index in [1.807, 2.05) is 40.1 Å². The fourth-order valence-corrected chi connectivity index (χ4v) is 11.9. The van der Waals surface area contributed by atoms with Crippen LogP contribution in [0.15, 0.2) is 65.8 Å². The molecule has 2 aromatic rings. The first-order valence-corrected chi connectivity index (χ1v) is 19.7. The number of rotatable bonds is 11. The molecule has 3 aliphatic rings. The van der Waals surface area contributed by atoms with Crippen molar-refractivity contribution in [3.05, 3.63) is 71.3 Å². The third kappa shape index (κ3) is 6.22. The van der Waals surface area contributed by atoms with Crippen LogP contribution in [-0.4, -0.2) is 71.0 Å². The van der Waals surface area contributed by atoms with E-state index in [1.165, 1.54) is 16.3 Å². The van der Waals surface area contributed by atoms with Crippen LogP contribution < -0.4 is 25.0 Å². The Bertz CT molecular complexity index is 1500. The summed E-state index contributed by atoms with van der Waals surface area (Å²) in [7, 11) is -0.613. The summed E-state index contributed by atoms with van der Waals surface area (Å²) in [6, 6.07) is 14.3. The first-order chi connectivity index (χ1) is 21.9. The second-order valence-electron chi connectivity index (χ2n) is 13.9. The van der Waals surface area contributed by atoms with E-state index in [2.05, 4.69) is 70.4 Å². The molecule has 0 unspecified atom stereocenters. The molecule has 5 rings (SSSR count). The lowest BCUT2D eigenvalue weighted by Gasteiger charge is -2.37. The van der Waals surface area contributed by atoms with Crippen molar-refractivity contribution >= 4 is 36.4 Å². The number of nitrogens with zero attached hydrogens (tertiary/aromatic N) is 2. The van der Waals surface area contributed by atoms with Crippen LogP contribution in [0.25, 0.3) is 0 Å². The van der Waals surface area contributed by atoms with E-state index in [-0.39, 0.29) is 36.0 Å². The van der Waals surface area contributed by atoms with Crippen molar-refractivity contribution in [2.45, 2.75) is 77.3 Å². The van der Waals surface area contributed by atoms with Gasteiger partial charge in [-0.1, -0.05) is 60.6 Å². The Kier molecular flexibility index (Phi) is 10.3. The lowest BCUT2D eigenvalue weighted by Crippen LogP contribution is -2.52. The maximum atomic E-state index is 14.9. The number of benzene rings is 2. The highest BCUT2D eigenvalue weighted by molar-refractivity contribution is 6.91. The molecule has 8 nitrogen and oxygen atoms in total. The number of aliphatic hydroxyl groups excluding tert-OH is 1. The van der Waals surface area contributed by atoms with E-state index in [0.717, 1.165) is 35.5 Å². The van der Waals surface area contributed by atoms with Gasteiger partial charge in [0.2, 0.25) is 5.91 Å². The Labute approximate surface area is 275 Å². The van der Waals surface area contributed by atoms with Crippen LogP contribution >= 0.6 is 0 Å². The molecule has 3 heterocycles. The van der Waals surface area contributed by atoms with Gasteiger partial charge in [0, 0.05) is 43.4 Å². The third-order valence-electron chi connectivity index (χ3n) is 10.3. The lowest BCUT2D eigenvalue weighted by molar-refractivity contribution is -0.146. The molecule has 0 bridgehead atoms. The van der Waals surface area contributed by atoms with Crippen LogP contribution in [0, 0.1) is 5.92 Å². The van der Waals surface area contributed by atoms with Crippen molar-refractivity contribution in [1.82, 2.24) is 5.32 Å². The van der Waals surface area contributed by atoms with Gasteiger partial charge < -0.3 is 29.7 Å². The second-order valence-corrected chi connectivity index (χ2v) is 18.6. The molecular weight excluding hydrogens is 595 g/mol. The van der Waals surface area contributed by atoms with Gasteiger partial charge in [0.25, 0.3) is 5.91 Å². The molecule has 0 saturated carbocycles. The molecule has 1 spiro atoms. The number of allylic oxidation sites excluding steroid dienone is 3. The van der Waals surface area contributed by atoms with Crippen LogP contribution in [0.4, 0.5) is 11.4 Å². The number of hydrogen-bond acceptors (Lipinski definition) is 6. The molecule has 2 fully saturated rings. The van der Waals surface area contributed by atoms with Gasteiger partial charge in [-0.05, 0) is 75.9 Å². The molecule has 0 radical (unpaired) electrons. The van der Waals surface area contributed by atoms with Gasteiger partial charge in [-0.15, -0.1) is 0 Å². The predicted molar refractivity (Wildman–Crippen MR) is 188 cm³/mol.